The van der Waals surface area contributed by atoms with E-state index in [1.807, 2.05) is 12.3 Å². The summed E-state index contributed by atoms with van der Waals surface area (Å²) in [6.07, 6.45) is 0. The number of aryl methyl sites for hydroxylation is 1. The Morgan fingerprint density at radius 3 is 2.46 bits per heavy atom. The molecule has 0 saturated heterocycles. The second kappa shape index (κ2) is 4.01. The summed E-state index contributed by atoms with van der Waals surface area (Å²) in [6, 6.07) is 0. The van der Waals surface area contributed by atoms with Gasteiger partial charge in [0.2, 0.25) is 0 Å². The van der Waals surface area contributed by atoms with Crippen LogP contribution in [0.3, 0.4) is 0 Å². The van der Waals surface area contributed by atoms with Crippen LogP contribution >= 0.6 is 11.3 Å². The van der Waals surface area contributed by atoms with Crippen LogP contribution in [0.25, 0.3) is 0 Å². The summed E-state index contributed by atoms with van der Waals surface area (Å²) < 4.78 is 0. The Labute approximate surface area is 83.0 Å². The zero-order chi connectivity index (χ0) is 10.0. The average molecular weight is 197 g/mol. The highest BCUT2D eigenvalue weighted by molar-refractivity contribution is 7.09. The molecule has 0 spiro atoms. The number of Topliss-reactive ketones (excluding diaryl/α,β-unsaturated/α-hetero) is 1. The highest BCUT2D eigenvalue weighted by Crippen LogP contribution is 2.27. The van der Waals surface area contributed by atoms with Crippen LogP contribution in [0, 0.1) is 12.8 Å². The lowest BCUT2D eigenvalue weighted by Gasteiger charge is -2.14. The molecule has 1 aromatic heterocycles. The molecule has 1 heterocycles. The molecule has 0 N–H and O–H groups in total. The fourth-order valence-corrected chi connectivity index (χ4v) is 2.57. The van der Waals surface area contributed by atoms with Crippen molar-refractivity contribution in [3.05, 3.63) is 16.1 Å². The standard InChI is InChI=1S/C10H15NOS/c1-6(2)9(8(4)12)10-11-7(3)5-13-10/h5-6,9H,1-4H3. The van der Waals surface area contributed by atoms with Gasteiger partial charge in [-0.3, -0.25) is 4.79 Å². The molecule has 0 radical (unpaired) electrons. The van der Waals surface area contributed by atoms with Gasteiger partial charge in [-0.15, -0.1) is 11.3 Å². The largest absolute Gasteiger partial charge is 0.299 e. The van der Waals surface area contributed by atoms with Crippen molar-refractivity contribution in [1.29, 1.82) is 0 Å². The lowest BCUT2D eigenvalue weighted by Crippen LogP contribution is -2.14. The maximum absolute atomic E-state index is 11.4. The maximum Gasteiger partial charge on any atom is 0.139 e. The monoisotopic (exact) mass is 197 g/mol. The number of aromatic nitrogens is 1. The number of nitrogens with zero attached hydrogens (tertiary/aromatic N) is 1. The lowest BCUT2D eigenvalue weighted by atomic mass is 9.93. The molecule has 1 atom stereocenters. The highest BCUT2D eigenvalue weighted by Gasteiger charge is 2.23. The van der Waals surface area contributed by atoms with E-state index >= 15 is 0 Å². The maximum atomic E-state index is 11.4. The molecule has 0 aliphatic heterocycles. The Morgan fingerprint density at radius 1 is 1.54 bits per heavy atom. The van der Waals surface area contributed by atoms with Gasteiger partial charge in [-0.05, 0) is 19.8 Å². The van der Waals surface area contributed by atoms with Crippen molar-refractivity contribution in [2.75, 3.05) is 0 Å². The van der Waals surface area contributed by atoms with Crippen LogP contribution in [0.1, 0.15) is 37.4 Å². The average Bonchev–Trinajstić information content (AvgIpc) is 2.34. The molecule has 1 rings (SSSR count). The lowest BCUT2D eigenvalue weighted by molar-refractivity contribution is -0.119. The predicted molar refractivity (Wildman–Crippen MR) is 55.1 cm³/mol. The molecule has 0 bridgehead atoms. The van der Waals surface area contributed by atoms with Gasteiger partial charge in [0.05, 0.1) is 5.92 Å². The van der Waals surface area contributed by atoms with Crippen molar-refractivity contribution < 1.29 is 4.79 Å². The first kappa shape index (κ1) is 10.4. The SMILES string of the molecule is CC(=O)C(c1nc(C)cs1)C(C)C. The van der Waals surface area contributed by atoms with Crippen molar-refractivity contribution in [2.24, 2.45) is 5.92 Å². The van der Waals surface area contributed by atoms with E-state index in [2.05, 4.69) is 18.8 Å². The molecule has 3 heteroatoms. The van der Waals surface area contributed by atoms with E-state index in [0.717, 1.165) is 10.7 Å². The number of thiazole rings is 1. The second-order valence-corrected chi connectivity index (χ2v) is 4.55. The summed E-state index contributed by atoms with van der Waals surface area (Å²) in [5, 5.41) is 2.95. The Bertz CT molecular complexity index is 304. The summed E-state index contributed by atoms with van der Waals surface area (Å²) in [7, 11) is 0. The van der Waals surface area contributed by atoms with Gasteiger partial charge in [0.1, 0.15) is 10.8 Å². The zero-order valence-electron chi connectivity index (χ0n) is 8.50. The number of carbonyl (C=O) groups excluding carboxylic acids is 1. The van der Waals surface area contributed by atoms with Gasteiger partial charge in [-0.1, -0.05) is 13.8 Å². The second-order valence-electron chi connectivity index (χ2n) is 3.66. The van der Waals surface area contributed by atoms with Crippen molar-refractivity contribution in [1.82, 2.24) is 4.98 Å². The quantitative estimate of drug-likeness (QED) is 0.745. The fraction of sp³-hybridized carbons (Fsp3) is 0.600. The normalized spacial score (nSPS) is 13.3. The van der Waals surface area contributed by atoms with E-state index in [1.165, 1.54) is 0 Å². The topological polar surface area (TPSA) is 30.0 Å². The van der Waals surface area contributed by atoms with Crippen LogP contribution in [0.5, 0.6) is 0 Å². The van der Waals surface area contributed by atoms with Crippen LogP contribution in [0.2, 0.25) is 0 Å². The van der Waals surface area contributed by atoms with E-state index in [1.54, 1.807) is 18.3 Å². The van der Waals surface area contributed by atoms with Crippen LogP contribution in [0.4, 0.5) is 0 Å². The minimum Gasteiger partial charge on any atom is -0.299 e. The van der Waals surface area contributed by atoms with E-state index in [0.29, 0.717) is 5.92 Å². The molecular weight excluding hydrogens is 182 g/mol. The van der Waals surface area contributed by atoms with Crippen LogP contribution in [-0.4, -0.2) is 10.8 Å². The molecular formula is C10H15NOS. The predicted octanol–water partition coefficient (Wildman–Crippen LogP) is 2.78. The molecule has 0 fully saturated rings. The first-order valence-electron chi connectivity index (χ1n) is 4.45. The fourth-order valence-electron chi connectivity index (χ4n) is 1.44. The molecule has 13 heavy (non-hydrogen) atoms. The Balaban J connectivity index is 2.95. The van der Waals surface area contributed by atoms with Gasteiger partial charge in [-0.2, -0.15) is 0 Å². The Hall–Kier alpha value is -0.700. The van der Waals surface area contributed by atoms with Gasteiger partial charge in [-0.25, -0.2) is 4.98 Å². The number of carbonyl (C=O) groups is 1. The molecule has 72 valence electrons. The van der Waals surface area contributed by atoms with Crippen molar-refractivity contribution in [3.8, 4) is 0 Å². The molecule has 1 aromatic rings. The summed E-state index contributed by atoms with van der Waals surface area (Å²) in [6.45, 7) is 7.71. The summed E-state index contributed by atoms with van der Waals surface area (Å²) in [5.74, 6) is 0.533. The van der Waals surface area contributed by atoms with Gasteiger partial charge < -0.3 is 0 Å². The Kier molecular flexibility index (Phi) is 3.20. The number of ketones is 1. The van der Waals surface area contributed by atoms with Crippen molar-refractivity contribution >= 4 is 17.1 Å². The van der Waals surface area contributed by atoms with Crippen molar-refractivity contribution in [2.45, 2.75) is 33.6 Å². The molecule has 0 saturated carbocycles. The molecule has 0 aliphatic carbocycles. The first-order chi connectivity index (χ1) is 6.02. The molecule has 2 nitrogen and oxygen atoms in total. The van der Waals surface area contributed by atoms with Gasteiger partial charge in [0.15, 0.2) is 0 Å². The van der Waals surface area contributed by atoms with Gasteiger partial charge in [0, 0.05) is 11.1 Å². The molecule has 0 aliphatic rings. The van der Waals surface area contributed by atoms with Crippen molar-refractivity contribution in [3.63, 3.8) is 0 Å². The van der Waals surface area contributed by atoms with Crippen LogP contribution in [-0.2, 0) is 4.79 Å². The summed E-state index contributed by atoms with van der Waals surface area (Å²) >= 11 is 1.58. The van der Waals surface area contributed by atoms with Gasteiger partial charge >= 0.3 is 0 Å². The number of hydrogen-bond donors (Lipinski definition) is 0. The van der Waals surface area contributed by atoms with Crippen LogP contribution < -0.4 is 0 Å². The highest BCUT2D eigenvalue weighted by atomic mass is 32.1. The molecule has 0 amide bonds. The summed E-state index contributed by atoms with van der Waals surface area (Å²) in [4.78, 5) is 15.7. The van der Waals surface area contributed by atoms with E-state index < -0.39 is 0 Å². The number of hydrogen-bond acceptors (Lipinski definition) is 3. The number of rotatable bonds is 3. The minimum absolute atomic E-state index is 0.0151. The van der Waals surface area contributed by atoms with Gasteiger partial charge in [0.25, 0.3) is 0 Å². The summed E-state index contributed by atoms with van der Waals surface area (Å²) in [5.41, 5.74) is 1.01. The molecule has 0 aromatic carbocycles. The third-order valence-corrected chi connectivity index (χ3v) is 3.05. The van der Waals surface area contributed by atoms with E-state index in [4.69, 9.17) is 0 Å². The van der Waals surface area contributed by atoms with E-state index in [9.17, 15) is 4.79 Å². The first-order valence-corrected chi connectivity index (χ1v) is 5.32. The Morgan fingerprint density at radius 2 is 2.15 bits per heavy atom. The zero-order valence-corrected chi connectivity index (χ0v) is 9.31. The van der Waals surface area contributed by atoms with E-state index in [-0.39, 0.29) is 11.7 Å². The third kappa shape index (κ3) is 2.37. The third-order valence-electron chi connectivity index (χ3n) is 2.01. The molecule has 1 unspecified atom stereocenters. The smallest absolute Gasteiger partial charge is 0.139 e. The van der Waals surface area contributed by atoms with Crippen LogP contribution in [0.15, 0.2) is 5.38 Å². The minimum atomic E-state index is -0.0151.